The van der Waals surface area contributed by atoms with Crippen LogP contribution in [0.3, 0.4) is 0 Å². The monoisotopic (exact) mass is 370 g/mol. The lowest BCUT2D eigenvalue weighted by atomic mass is 9.98. The Morgan fingerprint density at radius 2 is 2.19 bits per heavy atom. The van der Waals surface area contributed by atoms with Crippen LogP contribution >= 0.6 is 0 Å². The molecule has 4 rings (SSSR count). The second-order valence-corrected chi connectivity index (χ2v) is 6.33. The largest absolute Gasteiger partial charge is 0.398 e. The number of fused-ring (bicyclic) bond motifs is 2. The van der Waals surface area contributed by atoms with Crippen molar-refractivity contribution in [1.29, 1.82) is 0 Å². The molecular weight excluding hydrogens is 353 g/mol. The molecule has 1 amide bonds. The number of hydrogen-bond donors (Lipinski definition) is 1. The lowest BCUT2D eigenvalue weighted by Gasteiger charge is -2.25. The minimum atomic E-state index is -4.34. The Kier molecular flexibility index (Phi) is 4.17. The molecule has 0 spiro atoms. The van der Waals surface area contributed by atoms with Crippen LogP contribution in [0.4, 0.5) is 13.2 Å². The normalized spacial score (nSPS) is 19.7. The van der Waals surface area contributed by atoms with Gasteiger partial charge >= 0.3 is 6.18 Å². The van der Waals surface area contributed by atoms with Crippen molar-refractivity contribution in [2.45, 2.75) is 51.2 Å². The van der Waals surface area contributed by atoms with E-state index in [9.17, 15) is 18.0 Å². The number of hydrogen-bond acceptors (Lipinski definition) is 5. The Morgan fingerprint density at radius 3 is 2.96 bits per heavy atom. The number of rotatable bonds is 3. The maximum absolute atomic E-state index is 13.1. The zero-order valence-electron chi connectivity index (χ0n) is 13.8. The Hall–Kier alpha value is -2.43. The summed E-state index contributed by atoms with van der Waals surface area (Å²) < 4.78 is 47.9. The summed E-state index contributed by atoms with van der Waals surface area (Å²) in [6.07, 6.45) is -2.30. The highest BCUT2D eigenvalue weighted by Crippen LogP contribution is 2.40. The molecule has 140 valence electrons. The number of carbonyl (C=O) groups is 1. The number of imidazole rings is 1. The van der Waals surface area contributed by atoms with Crippen molar-refractivity contribution in [3.8, 4) is 0 Å². The third-order valence-electron chi connectivity index (χ3n) is 4.64. The highest BCUT2D eigenvalue weighted by Gasteiger charge is 2.45. The SMILES string of the molecule is O=C(NCc1nnc2n1CCCC2C(F)(F)F)c1cn2c(n1)COCC2. The Bertz CT molecular complexity index is 804. The third kappa shape index (κ3) is 3.06. The van der Waals surface area contributed by atoms with E-state index in [4.69, 9.17) is 4.74 Å². The highest BCUT2D eigenvalue weighted by atomic mass is 19.4. The predicted octanol–water partition coefficient (Wildman–Crippen LogP) is 1.37. The Balaban J connectivity index is 1.46. The number of halogens is 3. The molecule has 8 nitrogen and oxygen atoms in total. The van der Waals surface area contributed by atoms with E-state index in [1.165, 1.54) is 4.57 Å². The van der Waals surface area contributed by atoms with E-state index in [0.717, 1.165) is 0 Å². The highest BCUT2D eigenvalue weighted by molar-refractivity contribution is 5.92. The number of ether oxygens (including phenoxy) is 1. The minimum absolute atomic E-state index is 0.00486. The van der Waals surface area contributed by atoms with Crippen LogP contribution in [0.2, 0.25) is 0 Å². The second kappa shape index (κ2) is 6.38. The molecule has 2 aromatic rings. The van der Waals surface area contributed by atoms with Gasteiger partial charge in [-0.3, -0.25) is 4.79 Å². The lowest BCUT2D eigenvalue weighted by molar-refractivity contribution is -0.156. The summed E-state index contributed by atoms with van der Waals surface area (Å²) in [4.78, 5) is 16.5. The van der Waals surface area contributed by atoms with E-state index >= 15 is 0 Å². The Morgan fingerprint density at radius 1 is 1.35 bits per heavy atom. The molecule has 0 saturated carbocycles. The van der Waals surface area contributed by atoms with E-state index < -0.39 is 18.0 Å². The molecule has 0 radical (unpaired) electrons. The van der Waals surface area contributed by atoms with E-state index in [1.807, 2.05) is 4.57 Å². The minimum Gasteiger partial charge on any atom is -0.372 e. The number of carbonyl (C=O) groups excluding carboxylic acids is 1. The molecule has 1 N–H and O–H groups in total. The van der Waals surface area contributed by atoms with E-state index in [0.29, 0.717) is 44.4 Å². The van der Waals surface area contributed by atoms with Crippen molar-refractivity contribution in [2.75, 3.05) is 6.61 Å². The van der Waals surface area contributed by atoms with Gasteiger partial charge in [-0.2, -0.15) is 13.2 Å². The first kappa shape index (κ1) is 17.0. The van der Waals surface area contributed by atoms with Gasteiger partial charge in [0.25, 0.3) is 5.91 Å². The molecule has 0 aliphatic carbocycles. The van der Waals surface area contributed by atoms with Crippen molar-refractivity contribution in [3.63, 3.8) is 0 Å². The van der Waals surface area contributed by atoms with Gasteiger partial charge in [0.15, 0.2) is 5.82 Å². The maximum atomic E-state index is 13.1. The van der Waals surface area contributed by atoms with E-state index in [2.05, 4.69) is 20.5 Å². The fraction of sp³-hybridized carbons (Fsp3) is 0.600. The van der Waals surface area contributed by atoms with E-state index in [-0.39, 0.29) is 24.5 Å². The molecule has 1 unspecified atom stereocenters. The summed E-state index contributed by atoms with van der Waals surface area (Å²) in [5, 5.41) is 10.2. The van der Waals surface area contributed by atoms with Gasteiger partial charge in [0.05, 0.1) is 13.2 Å². The van der Waals surface area contributed by atoms with Crippen molar-refractivity contribution >= 4 is 5.91 Å². The molecule has 0 bridgehead atoms. The van der Waals surface area contributed by atoms with Crippen molar-refractivity contribution in [1.82, 2.24) is 29.6 Å². The molecular formula is C15H17F3N6O2. The molecule has 1 atom stereocenters. The van der Waals surface area contributed by atoms with Crippen LogP contribution in [0.25, 0.3) is 0 Å². The van der Waals surface area contributed by atoms with Gasteiger partial charge in [0.1, 0.15) is 29.9 Å². The average molecular weight is 370 g/mol. The maximum Gasteiger partial charge on any atom is 0.398 e. The van der Waals surface area contributed by atoms with Crippen LogP contribution in [-0.2, 0) is 31.0 Å². The quantitative estimate of drug-likeness (QED) is 0.882. The number of aromatic nitrogens is 5. The van der Waals surface area contributed by atoms with Crippen LogP contribution in [0, 0.1) is 0 Å². The van der Waals surface area contributed by atoms with Crippen molar-refractivity contribution in [3.05, 3.63) is 29.4 Å². The molecule has 4 heterocycles. The van der Waals surface area contributed by atoms with Gasteiger partial charge in [-0.1, -0.05) is 0 Å². The standard InChI is InChI=1S/C15H17F3N6O2/c16-15(17,18)9-2-1-3-24-11(21-22-13(9)24)6-19-14(25)10-7-23-4-5-26-8-12(23)20-10/h7,9H,1-6,8H2,(H,19,25). The molecule has 2 aliphatic rings. The summed E-state index contributed by atoms with van der Waals surface area (Å²) in [5.74, 6) is -1.10. The third-order valence-corrected chi connectivity index (χ3v) is 4.64. The zero-order chi connectivity index (χ0) is 18.3. The fourth-order valence-electron chi connectivity index (χ4n) is 3.32. The van der Waals surface area contributed by atoms with Gasteiger partial charge in [-0.15, -0.1) is 10.2 Å². The van der Waals surface area contributed by atoms with Crippen LogP contribution in [-0.4, -0.2) is 43.0 Å². The van der Waals surface area contributed by atoms with E-state index in [1.54, 1.807) is 6.20 Å². The predicted molar refractivity (Wildman–Crippen MR) is 81.1 cm³/mol. The topological polar surface area (TPSA) is 86.9 Å². The summed E-state index contributed by atoms with van der Waals surface area (Å²) in [6, 6.07) is 0. The fourth-order valence-corrected chi connectivity index (χ4v) is 3.32. The zero-order valence-corrected chi connectivity index (χ0v) is 13.8. The van der Waals surface area contributed by atoms with Gasteiger partial charge in [-0.05, 0) is 12.8 Å². The van der Waals surface area contributed by atoms with Gasteiger partial charge < -0.3 is 19.2 Å². The lowest BCUT2D eigenvalue weighted by Crippen LogP contribution is -2.30. The summed E-state index contributed by atoms with van der Waals surface area (Å²) >= 11 is 0. The molecule has 0 aromatic carbocycles. The first-order valence-corrected chi connectivity index (χ1v) is 8.34. The molecule has 0 saturated heterocycles. The molecule has 2 aromatic heterocycles. The molecule has 0 fully saturated rings. The first-order chi connectivity index (χ1) is 12.4. The number of amides is 1. The van der Waals surface area contributed by atoms with Crippen LogP contribution < -0.4 is 5.32 Å². The summed E-state index contributed by atoms with van der Waals surface area (Å²) in [5.41, 5.74) is 0.247. The second-order valence-electron chi connectivity index (χ2n) is 6.33. The molecule has 2 aliphatic heterocycles. The first-order valence-electron chi connectivity index (χ1n) is 8.34. The van der Waals surface area contributed by atoms with Gasteiger partial charge in [0, 0.05) is 19.3 Å². The van der Waals surface area contributed by atoms with Gasteiger partial charge in [-0.25, -0.2) is 4.98 Å². The summed E-state index contributed by atoms with van der Waals surface area (Å²) in [6.45, 7) is 1.96. The van der Waals surface area contributed by atoms with Crippen molar-refractivity contribution in [2.24, 2.45) is 0 Å². The van der Waals surface area contributed by atoms with Crippen LogP contribution in [0.15, 0.2) is 6.20 Å². The van der Waals surface area contributed by atoms with Crippen LogP contribution in [0.1, 0.15) is 46.7 Å². The summed E-state index contributed by atoms with van der Waals surface area (Å²) in [7, 11) is 0. The number of nitrogens with zero attached hydrogens (tertiary/aromatic N) is 5. The van der Waals surface area contributed by atoms with Gasteiger partial charge in [0.2, 0.25) is 0 Å². The number of alkyl halides is 3. The molecule has 11 heteroatoms. The smallest absolute Gasteiger partial charge is 0.372 e. The average Bonchev–Trinajstić information content (AvgIpc) is 3.22. The van der Waals surface area contributed by atoms with Crippen LogP contribution in [0.5, 0.6) is 0 Å². The Labute approximate surface area is 146 Å². The number of nitrogens with one attached hydrogen (secondary N) is 1. The van der Waals surface area contributed by atoms with Crippen molar-refractivity contribution < 1.29 is 22.7 Å². The molecule has 26 heavy (non-hydrogen) atoms.